The third kappa shape index (κ3) is 6.00. The van der Waals surface area contributed by atoms with Gasteiger partial charge < -0.3 is 46.3 Å². The van der Waals surface area contributed by atoms with Crippen molar-refractivity contribution in [1.29, 1.82) is 0 Å². The monoisotopic (exact) mass is 621 g/mol. The Kier molecular flexibility index (Phi) is 8.98. The second-order valence-corrected chi connectivity index (χ2v) is 10.2. The smallest absolute Gasteiger partial charge is 0.534 e. The molecule has 0 bridgehead atoms. The molecule has 0 aromatic heterocycles. The highest BCUT2D eigenvalue weighted by atomic mass is 35.5. The lowest BCUT2D eigenvalue weighted by Gasteiger charge is -2.38. The van der Waals surface area contributed by atoms with Crippen molar-refractivity contribution in [1.82, 2.24) is 20.4 Å². The first-order valence-corrected chi connectivity index (χ1v) is 13.2. The van der Waals surface area contributed by atoms with Crippen LogP contribution >= 0.6 is 11.6 Å². The van der Waals surface area contributed by atoms with Crippen LogP contribution in [-0.2, 0) is 20.8 Å². The van der Waals surface area contributed by atoms with E-state index in [4.69, 9.17) is 22.0 Å². The average molecular weight is 622 g/mol. The van der Waals surface area contributed by atoms with Crippen molar-refractivity contribution in [3.63, 3.8) is 0 Å². The van der Waals surface area contributed by atoms with Gasteiger partial charge in [-0.2, -0.15) is 0 Å². The summed E-state index contributed by atoms with van der Waals surface area (Å²) in [7, 11) is -1.87. The maximum Gasteiger partial charge on any atom is 0.547 e. The predicted octanol–water partition coefficient (Wildman–Crippen LogP) is -0.503. The van der Waals surface area contributed by atoms with Gasteiger partial charge in [-0.3, -0.25) is 19.3 Å². The number of aromatic hydroxyl groups is 2. The van der Waals surface area contributed by atoms with Crippen molar-refractivity contribution in [2.75, 3.05) is 19.6 Å². The third-order valence-electron chi connectivity index (χ3n) is 6.95. The van der Waals surface area contributed by atoms with Crippen LogP contribution in [-0.4, -0.2) is 98.6 Å². The number of nitrogens with two attached hydrogens (primary N) is 1. The molecule has 18 heteroatoms. The van der Waals surface area contributed by atoms with Crippen LogP contribution in [0.1, 0.15) is 34.5 Å². The number of nitrogens with zero attached hydrogens (tertiary/aromatic N) is 2. The summed E-state index contributed by atoms with van der Waals surface area (Å²) in [5, 5.41) is 44.1. The zero-order chi connectivity index (χ0) is 31.7. The van der Waals surface area contributed by atoms with E-state index in [1.54, 1.807) is 0 Å². The molecule has 0 spiro atoms. The normalized spacial score (nSPS) is 19.0. The highest BCUT2D eigenvalue weighted by Crippen LogP contribution is 2.38. The van der Waals surface area contributed by atoms with Crippen LogP contribution in [0.3, 0.4) is 0 Å². The Balaban J connectivity index is 1.63. The summed E-state index contributed by atoms with van der Waals surface area (Å²) in [4.78, 5) is 65.6. The molecule has 4 rings (SSSR count). The van der Waals surface area contributed by atoms with Gasteiger partial charge in [0.15, 0.2) is 11.5 Å². The summed E-state index contributed by atoms with van der Waals surface area (Å²) < 4.78 is 19.3. The fourth-order valence-corrected chi connectivity index (χ4v) is 5.13. The van der Waals surface area contributed by atoms with Crippen molar-refractivity contribution in [2.24, 2.45) is 5.73 Å². The van der Waals surface area contributed by atoms with Crippen molar-refractivity contribution < 1.29 is 53.4 Å². The Bertz CT molecular complexity index is 1510. The molecule has 2 heterocycles. The summed E-state index contributed by atoms with van der Waals surface area (Å²) in [5.74, 6) is -9.11. The molecule has 5 amide bonds. The van der Waals surface area contributed by atoms with Gasteiger partial charge >= 0.3 is 30.9 Å². The second-order valence-electron chi connectivity index (χ2n) is 9.83. The lowest BCUT2D eigenvalue weighted by Crippen LogP contribution is -2.63. The number of phenols is 2. The molecule has 0 aliphatic carbocycles. The SMILES string of the molecule is C[C@H]1CN(CCN)C(=O)C(=O)N1C(=O)NC(C(=O)N[C@H]1Cc2ccc(F)c(C(=O)O)c2OB1O)c1ccc(O)c(O)c1Cl. The molecule has 15 nitrogen and oxygen atoms in total. The molecule has 2 aromatic carbocycles. The fraction of sp³-hybridized carbons (Fsp3) is 0.320. The van der Waals surface area contributed by atoms with E-state index in [-0.39, 0.29) is 37.2 Å². The van der Waals surface area contributed by atoms with Gasteiger partial charge in [0.05, 0.1) is 17.0 Å². The van der Waals surface area contributed by atoms with E-state index in [1.807, 2.05) is 0 Å². The number of piperazine rings is 1. The van der Waals surface area contributed by atoms with Gasteiger partial charge in [-0.15, -0.1) is 0 Å². The van der Waals surface area contributed by atoms with Gasteiger partial charge in [0, 0.05) is 25.2 Å². The van der Waals surface area contributed by atoms with E-state index >= 15 is 0 Å². The van der Waals surface area contributed by atoms with Gasteiger partial charge in [-0.1, -0.05) is 23.7 Å². The number of urea groups is 1. The summed E-state index contributed by atoms with van der Waals surface area (Å²) in [6, 6.07) is 0.416. The molecule has 0 radical (unpaired) electrons. The topological polar surface area (TPSA) is 232 Å². The number of phenolic OH excluding ortho intramolecular Hbond substituents is 2. The molecule has 1 unspecified atom stereocenters. The second kappa shape index (κ2) is 12.3. The number of carbonyl (C=O) groups is 5. The number of carboxylic acid groups (broad SMARTS) is 1. The first-order valence-electron chi connectivity index (χ1n) is 12.8. The largest absolute Gasteiger partial charge is 0.547 e. The van der Waals surface area contributed by atoms with E-state index in [2.05, 4.69) is 10.6 Å². The lowest BCUT2D eigenvalue weighted by molar-refractivity contribution is -0.155. The Labute approximate surface area is 248 Å². The predicted molar refractivity (Wildman–Crippen MR) is 146 cm³/mol. The van der Waals surface area contributed by atoms with Crippen molar-refractivity contribution in [2.45, 2.75) is 31.4 Å². The maximum absolute atomic E-state index is 14.1. The van der Waals surface area contributed by atoms with Crippen molar-refractivity contribution in [3.8, 4) is 17.2 Å². The van der Waals surface area contributed by atoms with Crippen LogP contribution in [0.15, 0.2) is 24.3 Å². The minimum atomic E-state index is -1.87. The van der Waals surface area contributed by atoms with Crippen LogP contribution in [0.4, 0.5) is 9.18 Å². The zero-order valence-electron chi connectivity index (χ0n) is 22.4. The minimum Gasteiger partial charge on any atom is -0.534 e. The molecule has 43 heavy (non-hydrogen) atoms. The molecular weight excluding hydrogens is 596 g/mol. The Morgan fingerprint density at radius 3 is 2.56 bits per heavy atom. The molecule has 1 saturated heterocycles. The lowest BCUT2D eigenvalue weighted by atomic mass is 9.72. The highest BCUT2D eigenvalue weighted by molar-refractivity contribution is 6.47. The first-order chi connectivity index (χ1) is 20.3. The number of aromatic carboxylic acids is 1. The maximum atomic E-state index is 14.1. The molecule has 228 valence electrons. The number of benzene rings is 2. The molecule has 2 aliphatic rings. The van der Waals surface area contributed by atoms with E-state index < -0.39 is 88.5 Å². The van der Waals surface area contributed by atoms with Crippen LogP contribution in [0, 0.1) is 5.82 Å². The number of fused-ring (bicyclic) bond motifs is 1. The number of rotatable bonds is 7. The molecule has 0 saturated carbocycles. The number of halogens is 2. The molecule has 2 aromatic rings. The summed E-state index contributed by atoms with van der Waals surface area (Å²) in [5.41, 5.74) is 4.58. The van der Waals surface area contributed by atoms with Gasteiger partial charge in [-0.25, -0.2) is 14.0 Å². The zero-order valence-corrected chi connectivity index (χ0v) is 23.2. The number of amides is 5. The number of hydrogen-bond acceptors (Lipinski definition) is 10. The minimum absolute atomic E-state index is 0.0310. The van der Waals surface area contributed by atoms with Crippen molar-refractivity contribution >= 4 is 48.4 Å². The van der Waals surface area contributed by atoms with E-state index in [0.717, 1.165) is 18.2 Å². The van der Waals surface area contributed by atoms with Crippen LogP contribution in [0.5, 0.6) is 17.2 Å². The van der Waals surface area contributed by atoms with Crippen LogP contribution in [0.25, 0.3) is 0 Å². The number of imide groups is 1. The van der Waals surface area contributed by atoms with Crippen LogP contribution < -0.4 is 21.0 Å². The Morgan fingerprint density at radius 2 is 1.91 bits per heavy atom. The fourth-order valence-electron chi connectivity index (χ4n) is 4.86. The molecular formula is C25H26BClFN5O10. The Morgan fingerprint density at radius 1 is 1.21 bits per heavy atom. The van der Waals surface area contributed by atoms with Gasteiger partial charge in [0.1, 0.15) is 23.2 Å². The highest BCUT2D eigenvalue weighted by Gasteiger charge is 2.43. The summed E-state index contributed by atoms with van der Waals surface area (Å²) >= 11 is 6.18. The van der Waals surface area contributed by atoms with Crippen molar-refractivity contribution in [3.05, 3.63) is 51.8 Å². The van der Waals surface area contributed by atoms with E-state index in [1.165, 1.54) is 17.9 Å². The average Bonchev–Trinajstić information content (AvgIpc) is 2.94. The number of carboxylic acids is 1. The van der Waals surface area contributed by atoms with E-state index in [9.17, 15) is 48.7 Å². The molecule has 2 aliphatic heterocycles. The Hall–Kier alpha value is -4.61. The third-order valence-corrected chi connectivity index (χ3v) is 7.35. The van der Waals surface area contributed by atoms with E-state index in [0.29, 0.717) is 4.90 Å². The molecule has 1 fully saturated rings. The number of nitrogens with one attached hydrogen (secondary N) is 2. The van der Waals surface area contributed by atoms with Gasteiger partial charge in [0.25, 0.3) is 0 Å². The quantitative estimate of drug-likeness (QED) is 0.118. The van der Waals surface area contributed by atoms with Crippen LogP contribution in [0.2, 0.25) is 5.02 Å². The van der Waals surface area contributed by atoms with Gasteiger partial charge in [0.2, 0.25) is 5.91 Å². The molecule has 3 atom stereocenters. The first kappa shape index (κ1) is 31.3. The summed E-state index contributed by atoms with van der Waals surface area (Å²) in [6.45, 7) is 1.62. The standard InChI is InChI=1S/C25H26BClFN5O10/c1-10-9-32(7-6-29)22(37)23(38)33(10)25(41)31-18(12-3-5-14(34)19(35)17(12)27)21(36)30-15-8-11-2-4-13(28)16(24(39)40)20(11)43-26(15)42/h2-5,10,15,18,34-35,42H,6-9,29H2,1H3,(H,30,36)(H,31,41)(H,39,40)/t10-,15-,18?/m0/s1. The van der Waals surface area contributed by atoms with Gasteiger partial charge in [-0.05, 0) is 31.0 Å². The number of carbonyl (C=O) groups excluding carboxylic acids is 4. The molecule has 8 N–H and O–H groups in total. The summed E-state index contributed by atoms with van der Waals surface area (Å²) in [6.07, 6.45) is -0.231. The number of hydrogen-bond donors (Lipinski definition) is 7.